The van der Waals surface area contributed by atoms with Crippen molar-refractivity contribution >= 4 is 16.9 Å². The van der Waals surface area contributed by atoms with E-state index >= 15 is 0 Å². The first-order valence-electron chi connectivity index (χ1n) is 13.5. The maximum absolute atomic E-state index is 12.3. The molecule has 0 aliphatic heterocycles. The molecule has 0 radical (unpaired) electrons. The van der Waals surface area contributed by atoms with E-state index in [0.29, 0.717) is 6.61 Å². The van der Waals surface area contributed by atoms with Crippen molar-refractivity contribution in [2.24, 2.45) is 5.92 Å². The van der Waals surface area contributed by atoms with Crippen LogP contribution >= 0.6 is 0 Å². The Hall–Kier alpha value is -2.82. The van der Waals surface area contributed by atoms with Gasteiger partial charge in [-0.15, -0.1) is 0 Å². The van der Waals surface area contributed by atoms with Gasteiger partial charge in [0.25, 0.3) is 0 Å². The van der Waals surface area contributed by atoms with Crippen LogP contribution in [0.15, 0.2) is 42.5 Å². The van der Waals surface area contributed by atoms with E-state index in [0.717, 1.165) is 75.1 Å². The van der Waals surface area contributed by atoms with E-state index in [1.807, 2.05) is 0 Å². The minimum absolute atomic E-state index is 0.252. The number of nitrogens with zero attached hydrogens (tertiary/aromatic N) is 2. The average Bonchev–Trinajstić information content (AvgIpc) is 3.23. The predicted octanol–water partition coefficient (Wildman–Crippen LogP) is 6.53. The minimum Gasteiger partial charge on any atom is -0.493 e. The predicted molar refractivity (Wildman–Crippen MR) is 143 cm³/mol. The largest absolute Gasteiger partial charge is 0.493 e. The Morgan fingerprint density at radius 3 is 2.54 bits per heavy atom. The zero-order chi connectivity index (χ0) is 24.5. The summed E-state index contributed by atoms with van der Waals surface area (Å²) < 4.78 is 8.51. The normalized spacial score (nSPS) is 14.3. The number of hydrogen-bond acceptors (Lipinski definition) is 3. The summed E-state index contributed by atoms with van der Waals surface area (Å²) in [5.74, 6) is 2.69. The number of aryl methyl sites for hydroxylation is 4. The monoisotopic (exact) mass is 475 g/mol. The Labute approximate surface area is 210 Å². The average molecular weight is 476 g/mol. The molecule has 0 atom stereocenters. The third kappa shape index (κ3) is 6.87. The molecule has 1 saturated carbocycles. The van der Waals surface area contributed by atoms with Gasteiger partial charge in [-0.3, -0.25) is 4.79 Å². The van der Waals surface area contributed by atoms with Crippen LogP contribution in [0.3, 0.4) is 0 Å². The first kappa shape index (κ1) is 25.3. The molecular formula is C30H41N3O2. The molecule has 0 unspecified atom stereocenters. The second kappa shape index (κ2) is 12.8. The number of nitrogens with one attached hydrogen (secondary N) is 1. The third-order valence-corrected chi connectivity index (χ3v) is 7.27. The number of fused-ring (bicyclic) bond motifs is 1. The van der Waals surface area contributed by atoms with Gasteiger partial charge in [0, 0.05) is 25.4 Å². The summed E-state index contributed by atoms with van der Waals surface area (Å²) in [5.41, 5.74) is 4.65. The first-order valence-corrected chi connectivity index (χ1v) is 13.5. The van der Waals surface area contributed by atoms with Crippen molar-refractivity contribution in [2.45, 2.75) is 84.6 Å². The van der Waals surface area contributed by atoms with Gasteiger partial charge >= 0.3 is 0 Å². The van der Waals surface area contributed by atoms with Crippen LogP contribution in [0.1, 0.15) is 74.7 Å². The summed E-state index contributed by atoms with van der Waals surface area (Å²) in [6.07, 6.45) is 10.9. The van der Waals surface area contributed by atoms with Gasteiger partial charge in [-0.05, 0) is 69.2 Å². The maximum atomic E-state index is 12.3. The van der Waals surface area contributed by atoms with Gasteiger partial charge in [-0.25, -0.2) is 4.98 Å². The van der Waals surface area contributed by atoms with Crippen LogP contribution < -0.4 is 10.1 Å². The lowest BCUT2D eigenvalue weighted by Crippen LogP contribution is -2.32. The van der Waals surface area contributed by atoms with Crippen molar-refractivity contribution in [3.05, 3.63) is 59.4 Å². The molecule has 1 aliphatic rings. The number of aromatic nitrogens is 2. The molecule has 2 aromatic carbocycles. The number of carbonyl (C=O) groups excluding carboxylic acids is 1. The molecule has 0 spiro atoms. The first-order chi connectivity index (χ1) is 17.1. The number of carbonyl (C=O) groups is 1. The number of ether oxygens (including phenoxy) is 1. The lowest BCUT2D eigenvalue weighted by molar-refractivity contribution is -0.125. The zero-order valence-corrected chi connectivity index (χ0v) is 21.5. The topological polar surface area (TPSA) is 56.1 Å². The minimum atomic E-state index is 0.252. The fourth-order valence-corrected chi connectivity index (χ4v) is 5.30. The van der Waals surface area contributed by atoms with Crippen LogP contribution in [0.5, 0.6) is 5.75 Å². The van der Waals surface area contributed by atoms with Crippen molar-refractivity contribution < 1.29 is 9.53 Å². The number of para-hydroxylation sites is 3. The van der Waals surface area contributed by atoms with Crippen LogP contribution in [0.4, 0.5) is 0 Å². The SMILES string of the molecule is Cc1cccc(C)c1OCCCn1c(CCCCCNC(=O)C2CCCCC2)nc2ccccc21. The number of amides is 1. The number of unbranched alkanes of at least 4 members (excludes halogenated alkanes) is 2. The van der Waals surface area contributed by atoms with Crippen molar-refractivity contribution in [3.8, 4) is 5.75 Å². The van der Waals surface area contributed by atoms with E-state index in [4.69, 9.17) is 9.72 Å². The molecule has 1 aromatic heterocycles. The molecule has 1 N–H and O–H groups in total. The van der Waals surface area contributed by atoms with Crippen molar-refractivity contribution in [1.82, 2.24) is 14.9 Å². The molecule has 1 heterocycles. The summed E-state index contributed by atoms with van der Waals surface area (Å²) in [5, 5.41) is 3.17. The maximum Gasteiger partial charge on any atom is 0.223 e. The fourth-order valence-electron chi connectivity index (χ4n) is 5.30. The standard InChI is InChI=1S/C30H41N3O2/c1-23-13-11-14-24(2)29(23)35-22-12-21-33-27-18-9-8-17-26(27)32-28(33)19-7-4-10-20-31-30(34)25-15-5-3-6-16-25/h8-9,11,13-14,17-18,25H,3-7,10,12,15-16,19-22H2,1-2H3,(H,31,34). The summed E-state index contributed by atoms with van der Waals surface area (Å²) in [4.78, 5) is 17.3. The highest BCUT2D eigenvalue weighted by molar-refractivity contribution is 5.78. The second-order valence-corrected chi connectivity index (χ2v) is 10.0. The summed E-state index contributed by atoms with van der Waals surface area (Å²) >= 11 is 0. The Morgan fingerprint density at radius 1 is 0.971 bits per heavy atom. The smallest absolute Gasteiger partial charge is 0.223 e. The zero-order valence-electron chi connectivity index (χ0n) is 21.5. The lowest BCUT2D eigenvalue weighted by atomic mass is 9.89. The van der Waals surface area contributed by atoms with Crippen LogP contribution in [0.25, 0.3) is 11.0 Å². The van der Waals surface area contributed by atoms with E-state index in [1.165, 1.54) is 35.9 Å². The summed E-state index contributed by atoms with van der Waals surface area (Å²) in [7, 11) is 0. The summed E-state index contributed by atoms with van der Waals surface area (Å²) in [6, 6.07) is 14.7. The van der Waals surface area contributed by atoms with Crippen LogP contribution in [0, 0.1) is 19.8 Å². The molecule has 1 aliphatic carbocycles. The molecule has 4 rings (SSSR count). The highest BCUT2D eigenvalue weighted by Gasteiger charge is 2.20. The van der Waals surface area contributed by atoms with Gasteiger partial charge in [0.05, 0.1) is 17.6 Å². The Morgan fingerprint density at radius 2 is 1.74 bits per heavy atom. The molecule has 1 amide bonds. The fraction of sp³-hybridized carbons (Fsp3) is 0.533. The Bertz CT molecular complexity index is 1080. The van der Waals surface area contributed by atoms with Gasteiger partial charge < -0.3 is 14.6 Å². The van der Waals surface area contributed by atoms with E-state index in [-0.39, 0.29) is 11.8 Å². The van der Waals surface area contributed by atoms with Crippen molar-refractivity contribution in [3.63, 3.8) is 0 Å². The van der Waals surface area contributed by atoms with Gasteiger partial charge in [0.15, 0.2) is 0 Å². The highest BCUT2D eigenvalue weighted by atomic mass is 16.5. The number of hydrogen-bond donors (Lipinski definition) is 1. The number of imidazole rings is 1. The molecule has 0 saturated heterocycles. The molecule has 3 aromatic rings. The van der Waals surface area contributed by atoms with E-state index in [1.54, 1.807) is 0 Å². The molecule has 5 nitrogen and oxygen atoms in total. The molecule has 0 bridgehead atoms. The van der Waals surface area contributed by atoms with Crippen LogP contribution in [-0.2, 0) is 17.8 Å². The second-order valence-electron chi connectivity index (χ2n) is 10.0. The Kier molecular flexibility index (Phi) is 9.21. The molecule has 1 fully saturated rings. The van der Waals surface area contributed by atoms with Gasteiger partial charge in [0.1, 0.15) is 11.6 Å². The van der Waals surface area contributed by atoms with Gasteiger partial charge in [0.2, 0.25) is 5.91 Å². The Balaban J connectivity index is 1.24. The van der Waals surface area contributed by atoms with Crippen LogP contribution in [0.2, 0.25) is 0 Å². The van der Waals surface area contributed by atoms with Crippen LogP contribution in [-0.4, -0.2) is 28.6 Å². The van der Waals surface area contributed by atoms with Crippen molar-refractivity contribution in [1.29, 1.82) is 0 Å². The van der Waals surface area contributed by atoms with E-state index in [2.05, 4.69) is 66.2 Å². The summed E-state index contributed by atoms with van der Waals surface area (Å²) in [6.45, 7) is 6.59. The van der Waals surface area contributed by atoms with Crippen molar-refractivity contribution in [2.75, 3.05) is 13.2 Å². The molecular weight excluding hydrogens is 434 g/mol. The lowest BCUT2D eigenvalue weighted by Gasteiger charge is -2.20. The van der Waals surface area contributed by atoms with Gasteiger partial charge in [-0.2, -0.15) is 0 Å². The van der Waals surface area contributed by atoms with E-state index in [9.17, 15) is 4.79 Å². The number of benzene rings is 2. The third-order valence-electron chi connectivity index (χ3n) is 7.27. The van der Waals surface area contributed by atoms with E-state index < -0.39 is 0 Å². The molecule has 5 heteroatoms. The number of rotatable bonds is 12. The molecule has 35 heavy (non-hydrogen) atoms. The molecule has 188 valence electrons. The van der Waals surface area contributed by atoms with Gasteiger partial charge in [-0.1, -0.05) is 56.0 Å². The highest BCUT2D eigenvalue weighted by Crippen LogP contribution is 2.24. The quantitative estimate of drug-likeness (QED) is 0.303.